The van der Waals surface area contributed by atoms with Crippen molar-refractivity contribution in [3.8, 4) is 11.3 Å². The maximum absolute atomic E-state index is 12.8. The van der Waals surface area contributed by atoms with Gasteiger partial charge in [0.25, 0.3) is 5.91 Å². The molecule has 0 bridgehead atoms. The molecular weight excluding hydrogens is 328 g/mol. The van der Waals surface area contributed by atoms with Gasteiger partial charge in [-0.25, -0.2) is 0 Å². The lowest BCUT2D eigenvalue weighted by atomic mass is 9.87. The van der Waals surface area contributed by atoms with Gasteiger partial charge in [0.15, 0.2) is 11.5 Å². The first-order valence-corrected chi connectivity index (χ1v) is 9.11. The van der Waals surface area contributed by atoms with E-state index >= 15 is 0 Å². The minimum absolute atomic E-state index is 0.0551. The predicted molar refractivity (Wildman–Crippen MR) is 97.2 cm³/mol. The number of hydrogen-bond acceptors (Lipinski definition) is 4. The van der Waals surface area contributed by atoms with Crippen LogP contribution < -0.4 is 5.32 Å². The highest BCUT2D eigenvalue weighted by molar-refractivity contribution is 6.26. The number of hydrogen-bond donors (Lipinski definition) is 1. The second-order valence-electron chi connectivity index (χ2n) is 7.08. The van der Waals surface area contributed by atoms with Crippen molar-refractivity contribution in [3.63, 3.8) is 0 Å². The molecule has 0 saturated heterocycles. The van der Waals surface area contributed by atoms with Crippen molar-refractivity contribution < 1.29 is 14.1 Å². The van der Waals surface area contributed by atoms with Crippen LogP contribution in [0.25, 0.3) is 22.2 Å². The number of carbonyl (C=O) groups is 2. The number of nitrogens with zero attached hydrogens (tertiary/aromatic N) is 1. The SMILES string of the molecule is O=C(NC1CCCCC1)c1ccc2c3c(onc13)-c1ccccc1C2=O. The summed E-state index contributed by atoms with van der Waals surface area (Å²) in [5, 5.41) is 7.91. The molecule has 3 aromatic rings. The Balaban J connectivity index is 1.60. The molecule has 26 heavy (non-hydrogen) atoms. The second kappa shape index (κ2) is 5.80. The fraction of sp³-hybridized carbons (Fsp3) is 0.286. The average molecular weight is 346 g/mol. The standard InChI is InChI=1S/C21H18N2O3/c24-19-13-8-4-5-9-14(13)20-17-15(19)10-11-16(18(17)23-26-20)21(25)22-12-6-2-1-3-7-12/h4-5,8-12H,1-3,6-7H2,(H,22,25). The van der Waals surface area contributed by atoms with E-state index in [2.05, 4.69) is 10.5 Å². The molecule has 0 spiro atoms. The zero-order chi connectivity index (χ0) is 17.7. The molecule has 1 saturated carbocycles. The summed E-state index contributed by atoms with van der Waals surface area (Å²) < 4.78 is 5.57. The van der Waals surface area contributed by atoms with Crippen LogP contribution in [0.4, 0.5) is 0 Å². The van der Waals surface area contributed by atoms with Crippen LogP contribution in [0.1, 0.15) is 58.4 Å². The van der Waals surface area contributed by atoms with E-state index < -0.39 is 0 Å². The van der Waals surface area contributed by atoms with Crippen molar-refractivity contribution in [3.05, 3.63) is 53.1 Å². The summed E-state index contributed by atoms with van der Waals surface area (Å²) in [6, 6.07) is 11.0. The van der Waals surface area contributed by atoms with Crippen LogP contribution in [0.5, 0.6) is 0 Å². The highest BCUT2D eigenvalue weighted by atomic mass is 16.5. The third-order valence-corrected chi connectivity index (χ3v) is 5.48. The van der Waals surface area contributed by atoms with E-state index in [0.29, 0.717) is 33.4 Å². The van der Waals surface area contributed by atoms with Crippen LogP contribution in [0.15, 0.2) is 40.9 Å². The first-order chi connectivity index (χ1) is 12.7. The molecule has 2 aliphatic carbocycles. The first kappa shape index (κ1) is 15.3. The number of carbonyl (C=O) groups excluding carboxylic acids is 2. The van der Waals surface area contributed by atoms with E-state index in [1.165, 1.54) is 6.42 Å². The van der Waals surface area contributed by atoms with E-state index in [-0.39, 0.29) is 17.7 Å². The van der Waals surface area contributed by atoms with Crippen molar-refractivity contribution in [2.45, 2.75) is 38.1 Å². The lowest BCUT2D eigenvalue weighted by Crippen LogP contribution is -2.36. The second-order valence-corrected chi connectivity index (χ2v) is 7.08. The van der Waals surface area contributed by atoms with Crippen molar-refractivity contribution in [2.75, 3.05) is 0 Å². The van der Waals surface area contributed by atoms with Gasteiger partial charge in [0.1, 0.15) is 5.52 Å². The Labute approximate surface area is 150 Å². The summed E-state index contributed by atoms with van der Waals surface area (Å²) >= 11 is 0. The average Bonchev–Trinajstić information content (AvgIpc) is 3.12. The molecule has 5 nitrogen and oxygen atoms in total. The summed E-state index contributed by atoms with van der Waals surface area (Å²) in [6.07, 6.45) is 5.57. The summed E-state index contributed by atoms with van der Waals surface area (Å²) in [7, 11) is 0. The molecular formula is C21H18N2O3. The zero-order valence-electron chi connectivity index (χ0n) is 14.2. The highest BCUT2D eigenvalue weighted by Crippen LogP contribution is 2.40. The van der Waals surface area contributed by atoms with Crippen molar-refractivity contribution in [2.24, 2.45) is 0 Å². The molecule has 0 unspecified atom stereocenters. The molecule has 0 radical (unpaired) electrons. The number of nitrogens with one attached hydrogen (secondary N) is 1. The number of benzene rings is 2. The molecule has 2 aromatic carbocycles. The molecule has 130 valence electrons. The van der Waals surface area contributed by atoms with Crippen LogP contribution in [-0.4, -0.2) is 22.9 Å². The van der Waals surface area contributed by atoms with Crippen LogP contribution in [0, 0.1) is 0 Å². The molecule has 1 amide bonds. The molecule has 2 aliphatic rings. The maximum atomic E-state index is 12.8. The van der Waals surface area contributed by atoms with Gasteiger partial charge in [-0.05, 0) is 25.0 Å². The van der Waals surface area contributed by atoms with Crippen LogP contribution in [0.3, 0.4) is 0 Å². The fourth-order valence-electron chi connectivity index (χ4n) is 4.14. The Morgan fingerprint density at radius 2 is 1.77 bits per heavy atom. The molecule has 1 N–H and O–H groups in total. The monoisotopic (exact) mass is 346 g/mol. The Bertz CT molecular complexity index is 1040. The van der Waals surface area contributed by atoms with Gasteiger partial charge in [-0.3, -0.25) is 9.59 Å². The molecule has 0 atom stereocenters. The Morgan fingerprint density at radius 3 is 2.58 bits per heavy atom. The summed E-state index contributed by atoms with van der Waals surface area (Å²) in [5.74, 6) is 0.368. The molecule has 1 heterocycles. The fourth-order valence-corrected chi connectivity index (χ4v) is 4.14. The third-order valence-electron chi connectivity index (χ3n) is 5.48. The smallest absolute Gasteiger partial charge is 0.253 e. The lowest BCUT2D eigenvalue weighted by Gasteiger charge is -2.23. The van der Waals surface area contributed by atoms with Crippen LogP contribution in [-0.2, 0) is 0 Å². The Hall–Kier alpha value is -2.95. The van der Waals surface area contributed by atoms with Gasteiger partial charge < -0.3 is 9.84 Å². The summed E-state index contributed by atoms with van der Waals surface area (Å²) in [5.41, 5.74) is 2.82. The minimum Gasteiger partial charge on any atom is -0.355 e. The molecule has 5 rings (SSSR count). The maximum Gasteiger partial charge on any atom is 0.253 e. The quantitative estimate of drug-likeness (QED) is 0.593. The molecule has 5 heteroatoms. The number of amides is 1. The minimum atomic E-state index is -0.144. The summed E-state index contributed by atoms with van der Waals surface area (Å²) in [4.78, 5) is 25.6. The van der Waals surface area contributed by atoms with Gasteiger partial charge in [-0.15, -0.1) is 0 Å². The van der Waals surface area contributed by atoms with Gasteiger partial charge >= 0.3 is 0 Å². The largest absolute Gasteiger partial charge is 0.355 e. The first-order valence-electron chi connectivity index (χ1n) is 9.11. The van der Waals surface area contributed by atoms with Crippen molar-refractivity contribution in [1.29, 1.82) is 0 Å². The van der Waals surface area contributed by atoms with Crippen molar-refractivity contribution in [1.82, 2.24) is 10.5 Å². The van der Waals surface area contributed by atoms with Gasteiger partial charge in [0.2, 0.25) is 0 Å². The van der Waals surface area contributed by atoms with Crippen LogP contribution in [0.2, 0.25) is 0 Å². The molecule has 0 aliphatic heterocycles. The van der Waals surface area contributed by atoms with Gasteiger partial charge in [0, 0.05) is 22.7 Å². The van der Waals surface area contributed by atoms with Crippen molar-refractivity contribution >= 4 is 22.6 Å². The molecule has 1 aromatic heterocycles. The van der Waals surface area contributed by atoms with Gasteiger partial charge in [0.05, 0.1) is 10.9 Å². The normalized spacial score (nSPS) is 16.5. The third kappa shape index (κ3) is 2.20. The van der Waals surface area contributed by atoms with E-state index in [1.54, 1.807) is 18.2 Å². The number of rotatable bonds is 2. The summed E-state index contributed by atoms with van der Waals surface area (Å²) in [6.45, 7) is 0. The highest BCUT2D eigenvalue weighted by Gasteiger charge is 2.31. The van der Waals surface area contributed by atoms with E-state index in [4.69, 9.17) is 4.52 Å². The molecule has 1 fully saturated rings. The number of aromatic nitrogens is 1. The Morgan fingerprint density at radius 1 is 1.00 bits per heavy atom. The van der Waals surface area contributed by atoms with E-state index in [0.717, 1.165) is 31.2 Å². The van der Waals surface area contributed by atoms with Gasteiger partial charge in [-0.1, -0.05) is 48.7 Å². The topological polar surface area (TPSA) is 72.2 Å². The zero-order valence-corrected chi connectivity index (χ0v) is 14.2. The number of fused-ring (bicyclic) bond motifs is 2. The Kier molecular flexibility index (Phi) is 3.42. The lowest BCUT2D eigenvalue weighted by molar-refractivity contribution is 0.0928. The number of ketones is 1. The van der Waals surface area contributed by atoms with E-state index in [9.17, 15) is 9.59 Å². The van der Waals surface area contributed by atoms with Crippen LogP contribution >= 0.6 is 0 Å². The van der Waals surface area contributed by atoms with E-state index in [1.807, 2.05) is 18.2 Å². The van der Waals surface area contributed by atoms with Gasteiger partial charge in [-0.2, -0.15) is 0 Å². The predicted octanol–water partition coefficient (Wildman–Crippen LogP) is 4.10.